The highest BCUT2D eigenvalue weighted by atomic mass is 32.1. The van der Waals surface area contributed by atoms with Gasteiger partial charge in [0, 0.05) is 11.6 Å². The summed E-state index contributed by atoms with van der Waals surface area (Å²) in [5, 5.41) is 11.6. The van der Waals surface area contributed by atoms with Gasteiger partial charge in [0.15, 0.2) is 5.13 Å². The number of aromatic nitrogens is 1. The Morgan fingerprint density at radius 2 is 2.04 bits per heavy atom. The third kappa shape index (κ3) is 4.05. The van der Waals surface area contributed by atoms with Crippen molar-refractivity contribution in [2.75, 3.05) is 5.32 Å². The average Bonchev–Trinajstić information content (AvgIpc) is 2.94. The van der Waals surface area contributed by atoms with E-state index in [1.54, 1.807) is 18.2 Å². The Morgan fingerprint density at radius 3 is 2.76 bits per heavy atom. The van der Waals surface area contributed by atoms with Crippen LogP contribution in [0.3, 0.4) is 0 Å². The molecule has 5 nitrogen and oxygen atoms in total. The lowest BCUT2D eigenvalue weighted by Gasteiger charge is -2.07. The molecule has 1 N–H and O–H groups in total. The van der Waals surface area contributed by atoms with Crippen molar-refractivity contribution in [3.8, 4) is 11.8 Å². The van der Waals surface area contributed by atoms with Crippen LogP contribution in [0.4, 0.5) is 18.3 Å². The molecule has 1 amide bonds. The summed E-state index contributed by atoms with van der Waals surface area (Å²) in [6.07, 6.45) is -4.78. The van der Waals surface area contributed by atoms with Gasteiger partial charge in [-0.3, -0.25) is 10.1 Å². The molecule has 0 bridgehead atoms. The minimum Gasteiger partial charge on any atom is -0.406 e. The van der Waals surface area contributed by atoms with Crippen LogP contribution in [0.15, 0.2) is 42.5 Å². The molecular weight excluding hydrogens is 355 g/mol. The number of ether oxygens (including phenoxy) is 1. The number of amides is 1. The number of rotatable bonds is 3. The maximum atomic E-state index is 12.3. The van der Waals surface area contributed by atoms with Crippen LogP contribution in [0.5, 0.6) is 5.75 Å². The van der Waals surface area contributed by atoms with Gasteiger partial charge in [0.2, 0.25) is 0 Å². The van der Waals surface area contributed by atoms with Crippen LogP contribution in [0.25, 0.3) is 10.2 Å². The first-order valence-corrected chi connectivity index (χ1v) is 7.63. The highest BCUT2D eigenvalue weighted by Crippen LogP contribution is 2.31. The smallest absolute Gasteiger partial charge is 0.406 e. The van der Waals surface area contributed by atoms with Crippen molar-refractivity contribution < 1.29 is 22.7 Å². The van der Waals surface area contributed by atoms with Crippen LogP contribution in [0.1, 0.15) is 15.9 Å². The van der Waals surface area contributed by atoms with Crippen molar-refractivity contribution in [3.05, 3.63) is 53.6 Å². The van der Waals surface area contributed by atoms with Crippen LogP contribution in [-0.2, 0) is 0 Å². The molecule has 0 radical (unpaired) electrons. The molecule has 0 fully saturated rings. The van der Waals surface area contributed by atoms with Crippen molar-refractivity contribution in [2.24, 2.45) is 0 Å². The standard InChI is InChI=1S/C16H8F3N3O2S/c17-16(18,19)24-11-4-5-12-13(7-11)25-15(21-12)22-14(23)10-3-1-2-9(6-10)8-20/h1-7H,(H,21,22,23). The quantitative estimate of drug-likeness (QED) is 0.752. The number of carbonyl (C=O) groups is 1. The maximum Gasteiger partial charge on any atom is 0.573 e. The molecule has 1 aromatic heterocycles. The molecule has 9 heteroatoms. The highest BCUT2D eigenvalue weighted by Gasteiger charge is 2.31. The van der Waals surface area contributed by atoms with Gasteiger partial charge in [-0.05, 0) is 30.3 Å². The van der Waals surface area contributed by atoms with Gasteiger partial charge in [-0.2, -0.15) is 5.26 Å². The fourth-order valence-corrected chi connectivity index (χ4v) is 2.94. The summed E-state index contributed by atoms with van der Waals surface area (Å²) >= 11 is 1.01. The Labute approximate surface area is 143 Å². The number of nitrogens with one attached hydrogen (secondary N) is 1. The minimum absolute atomic E-state index is 0.228. The van der Waals surface area contributed by atoms with E-state index in [1.165, 1.54) is 18.2 Å². The molecule has 0 aliphatic heterocycles. The monoisotopic (exact) mass is 363 g/mol. The zero-order chi connectivity index (χ0) is 18.0. The molecule has 0 saturated carbocycles. The van der Waals surface area contributed by atoms with Crippen LogP contribution in [-0.4, -0.2) is 17.3 Å². The Kier molecular flexibility index (Phi) is 4.29. The number of halogens is 3. The van der Waals surface area contributed by atoms with Crippen LogP contribution in [0, 0.1) is 11.3 Å². The lowest BCUT2D eigenvalue weighted by atomic mass is 10.1. The van der Waals surface area contributed by atoms with E-state index in [2.05, 4.69) is 15.0 Å². The fourth-order valence-electron chi connectivity index (χ4n) is 2.05. The van der Waals surface area contributed by atoms with E-state index in [0.29, 0.717) is 15.8 Å². The molecule has 3 rings (SSSR count). The Balaban J connectivity index is 1.82. The number of benzene rings is 2. The molecular formula is C16H8F3N3O2S. The predicted octanol–water partition coefficient (Wildman–Crippen LogP) is 4.32. The summed E-state index contributed by atoms with van der Waals surface area (Å²) < 4.78 is 41.1. The van der Waals surface area contributed by atoms with Crippen molar-refractivity contribution in [2.45, 2.75) is 6.36 Å². The first-order chi connectivity index (χ1) is 11.8. The molecule has 0 aliphatic carbocycles. The molecule has 3 aromatic rings. The van der Waals surface area contributed by atoms with Crippen molar-refractivity contribution >= 4 is 32.6 Å². The molecule has 0 spiro atoms. The molecule has 1 heterocycles. The molecule has 25 heavy (non-hydrogen) atoms. The predicted molar refractivity (Wildman–Crippen MR) is 85.4 cm³/mol. The van der Waals surface area contributed by atoms with Gasteiger partial charge in [-0.25, -0.2) is 4.98 Å². The van der Waals surface area contributed by atoms with E-state index >= 15 is 0 Å². The SMILES string of the molecule is N#Cc1cccc(C(=O)Nc2nc3ccc(OC(F)(F)F)cc3s2)c1. The van der Waals surface area contributed by atoms with Gasteiger partial charge in [0.25, 0.3) is 5.91 Å². The zero-order valence-corrected chi connectivity index (χ0v) is 13.1. The first-order valence-electron chi connectivity index (χ1n) is 6.82. The summed E-state index contributed by atoms with van der Waals surface area (Å²) in [4.78, 5) is 16.3. The summed E-state index contributed by atoms with van der Waals surface area (Å²) in [5.74, 6) is -0.828. The summed E-state index contributed by atoms with van der Waals surface area (Å²) in [6.45, 7) is 0. The van der Waals surface area contributed by atoms with E-state index in [-0.39, 0.29) is 16.4 Å². The second kappa shape index (κ2) is 6.41. The van der Waals surface area contributed by atoms with Crippen LogP contribution >= 0.6 is 11.3 Å². The van der Waals surface area contributed by atoms with Crippen LogP contribution < -0.4 is 10.1 Å². The number of thiazole rings is 1. The number of anilines is 1. The number of hydrogen-bond acceptors (Lipinski definition) is 5. The molecule has 126 valence electrons. The van der Waals surface area contributed by atoms with Gasteiger partial charge in [-0.15, -0.1) is 13.2 Å². The number of fused-ring (bicyclic) bond motifs is 1. The van der Waals surface area contributed by atoms with Gasteiger partial charge in [0.1, 0.15) is 5.75 Å². The van der Waals surface area contributed by atoms with E-state index in [4.69, 9.17) is 5.26 Å². The topological polar surface area (TPSA) is 75.0 Å². The van der Waals surface area contributed by atoms with E-state index < -0.39 is 12.3 Å². The third-order valence-electron chi connectivity index (χ3n) is 3.07. The molecule has 0 saturated heterocycles. The van der Waals surface area contributed by atoms with Gasteiger partial charge < -0.3 is 4.74 Å². The van der Waals surface area contributed by atoms with Gasteiger partial charge in [0.05, 0.1) is 21.8 Å². The number of hydrogen-bond donors (Lipinski definition) is 1. The summed E-state index contributed by atoms with van der Waals surface area (Å²) in [5.41, 5.74) is 1.05. The minimum atomic E-state index is -4.78. The van der Waals surface area contributed by atoms with Crippen molar-refractivity contribution in [3.63, 3.8) is 0 Å². The number of nitrogens with zero attached hydrogens (tertiary/aromatic N) is 2. The number of alkyl halides is 3. The van der Waals surface area contributed by atoms with Crippen molar-refractivity contribution in [1.82, 2.24) is 4.98 Å². The third-order valence-corrected chi connectivity index (χ3v) is 4.00. The Morgan fingerprint density at radius 1 is 1.24 bits per heavy atom. The molecule has 0 aliphatic rings. The van der Waals surface area contributed by atoms with E-state index in [9.17, 15) is 18.0 Å². The fraction of sp³-hybridized carbons (Fsp3) is 0.0625. The Hall–Kier alpha value is -3.12. The first kappa shape index (κ1) is 16.7. The van der Waals surface area contributed by atoms with Crippen molar-refractivity contribution in [1.29, 1.82) is 5.26 Å². The lowest BCUT2D eigenvalue weighted by Crippen LogP contribution is -2.16. The second-order valence-corrected chi connectivity index (χ2v) is 5.87. The molecule has 2 aromatic carbocycles. The normalized spacial score (nSPS) is 11.1. The number of nitriles is 1. The average molecular weight is 363 g/mol. The maximum absolute atomic E-state index is 12.3. The second-order valence-electron chi connectivity index (χ2n) is 4.84. The van der Waals surface area contributed by atoms with Gasteiger partial charge >= 0.3 is 6.36 Å². The van der Waals surface area contributed by atoms with Gasteiger partial charge in [-0.1, -0.05) is 17.4 Å². The Bertz CT molecular complexity index is 992. The highest BCUT2D eigenvalue weighted by molar-refractivity contribution is 7.22. The summed E-state index contributed by atoms with van der Waals surface area (Å²) in [6, 6.07) is 11.8. The number of carbonyl (C=O) groups excluding carboxylic acids is 1. The largest absolute Gasteiger partial charge is 0.573 e. The van der Waals surface area contributed by atoms with E-state index in [1.807, 2.05) is 6.07 Å². The molecule has 0 unspecified atom stereocenters. The summed E-state index contributed by atoms with van der Waals surface area (Å²) in [7, 11) is 0. The van der Waals surface area contributed by atoms with Crippen LogP contribution in [0.2, 0.25) is 0 Å². The zero-order valence-electron chi connectivity index (χ0n) is 12.3. The molecule has 0 atom stereocenters. The van der Waals surface area contributed by atoms with E-state index in [0.717, 1.165) is 17.4 Å². The lowest BCUT2D eigenvalue weighted by molar-refractivity contribution is -0.274.